The van der Waals surface area contributed by atoms with Crippen molar-refractivity contribution in [2.24, 2.45) is 11.8 Å². The Morgan fingerprint density at radius 3 is 2.33 bits per heavy atom. The third-order valence-corrected chi connectivity index (χ3v) is 4.58. The monoisotopic (exact) mass is 340 g/mol. The maximum atomic E-state index is 12.4. The lowest BCUT2D eigenvalue weighted by atomic mass is 9.81. The minimum absolute atomic E-state index is 0.293. The van der Waals surface area contributed by atoms with E-state index in [1.54, 1.807) is 0 Å². The van der Waals surface area contributed by atoms with Crippen molar-refractivity contribution in [3.63, 3.8) is 0 Å². The Kier molecular flexibility index (Phi) is 6.30. The van der Waals surface area contributed by atoms with Crippen LogP contribution in [0.25, 0.3) is 0 Å². The predicted molar refractivity (Wildman–Crippen MR) is 82.6 cm³/mol. The molecule has 8 nitrogen and oxygen atoms in total. The molecule has 0 aromatic carbocycles. The highest BCUT2D eigenvalue weighted by Crippen LogP contribution is 2.38. The first-order valence-electron chi connectivity index (χ1n) is 8.26. The number of rotatable bonds is 7. The fourth-order valence-corrected chi connectivity index (χ4v) is 3.28. The van der Waals surface area contributed by atoms with Crippen molar-refractivity contribution in [3.8, 4) is 0 Å². The SMILES string of the molecule is COCCNC(=O)COC(=O)[C@H](C)N1C(=O)[C@H]2CCCC[C@@H]2C1=O. The molecule has 2 aliphatic rings. The Morgan fingerprint density at radius 2 is 1.79 bits per heavy atom. The second-order valence-electron chi connectivity index (χ2n) is 6.17. The quantitative estimate of drug-likeness (QED) is 0.393. The molecule has 3 atom stereocenters. The average molecular weight is 340 g/mol. The summed E-state index contributed by atoms with van der Waals surface area (Å²) in [5, 5.41) is 2.52. The van der Waals surface area contributed by atoms with E-state index in [4.69, 9.17) is 9.47 Å². The van der Waals surface area contributed by atoms with Gasteiger partial charge in [-0.1, -0.05) is 12.8 Å². The summed E-state index contributed by atoms with van der Waals surface area (Å²) in [6.45, 7) is 1.68. The summed E-state index contributed by atoms with van der Waals surface area (Å²) in [6, 6.07) is -1.01. The van der Waals surface area contributed by atoms with Crippen LogP contribution < -0.4 is 5.32 Å². The molecule has 1 aliphatic carbocycles. The van der Waals surface area contributed by atoms with E-state index in [-0.39, 0.29) is 23.7 Å². The molecule has 0 radical (unpaired) electrons. The van der Waals surface area contributed by atoms with E-state index in [0.717, 1.165) is 17.7 Å². The fourth-order valence-electron chi connectivity index (χ4n) is 3.28. The number of hydrogen-bond acceptors (Lipinski definition) is 6. The van der Waals surface area contributed by atoms with Crippen molar-refractivity contribution in [3.05, 3.63) is 0 Å². The predicted octanol–water partition coefficient (Wildman–Crippen LogP) is -0.144. The van der Waals surface area contributed by atoms with Crippen molar-refractivity contribution < 1.29 is 28.7 Å². The topological polar surface area (TPSA) is 102 Å². The Morgan fingerprint density at radius 1 is 1.21 bits per heavy atom. The third kappa shape index (κ3) is 3.92. The molecule has 0 aromatic heterocycles. The molecule has 1 saturated carbocycles. The van der Waals surface area contributed by atoms with E-state index in [1.807, 2.05) is 0 Å². The zero-order valence-electron chi connectivity index (χ0n) is 14.1. The summed E-state index contributed by atoms with van der Waals surface area (Å²) >= 11 is 0. The van der Waals surface area contributed by atoms with Gasteiger partial charge in [-0.25, -0.2) is 4.79 Å². The molecule has 0 spiro atoms. The number of nitrogens with zero attached hydrogens (tertiary/aromatic N) is 1. The Balaban J connectivity index is 1.87. The molecule has 1 aliphatic heterocycles. The number of likely N-dealkylation sites (tertiary alicyclic amines) is 1. The van der Waals surface area contributed by atoms with Crippen LogP contribution in [0, 0.1) is 11.8 Å². The number of imide groups is 1. The first-order chi connectivity index (χ1) is 11.5. The van der Waals surface area contributed by atoms with E-state index in [1.165, 1.54) is 14.0 Å². The van der Waals surface area contributed by atoms with Gasteiger partial charge in [-0.3, -0.25) is 19.3 Å². The fraction of sp³-hybridized carbons (Fsp3) is 0.750. The number of fused-ring (bicyclic) bond motifs is 1. The Hall–Kier alpha value is -1.96. The lowest BCUT2D eigenvalue weighted by Crippen LogP contribution is -2.45. The van der Waals surface area contributed by atoms with Crippen molar-refractivity contribution in [1.82, 2.24) is 10.2 Å². The molecule has 1 N–H and O–H groups in total. The molecule has 3 amide bonds. The molecule has 2 rings (SSSR count). The summed E-state index contributed by atoms with van der Waals surface area (Å²) < 4.78 is 9.71. The van der Waals surface area contributed by atoms with Gasteiger partial charge in [-0.2, -0.15) is 0 Å². The molecule has 0 aromatic rings. The first kappa shape index (κ1) is 18.4. The van der Waals surface area contributed by atoms with E-state index in [0.29, 0.717) is 26.0 Å². The lowest BCUT2D eigenvalue weighted by Gasteiger charge is -2.21. The van der Waals surface area contributed by atoms with Gasteiger partial charge in [0.25, 0.3) is 5.91 Å². The maximum absolute atomic E-state index is 12.4. The second-order valence-corrected chi connectivity index (χ2v) is 6.17. The van der Waals surface area contributed by atoms with Gasteiger partial charge in [0.1, 0.15) is 6.04 Å². The highest BCUT2D eigenvalue weighted by Gasteiger charge is 2.51. The molecule has 8 heteroatoms. The number of esters is 1. The number of carbonyl (C=O) groups excluding carboxylic acids is 4. The van der Waals surface area contributed by atoms with Gasteiger partial charge >= 0.3 is 5.97 Å². The van der Waals surface area contributed by atoms with E-state index < -0.39 is 24.5 Å². The van der Waals surface area contributed by atoms with Gasteiger partial charge in [0.15, 0.2) is 6.61 Å². The van der Waals surface area contributed by atoms with E-state index in [9.17, 15) is 19.2 Å². The van der Waals surface area contributed by atoms with Crippen LogP contribution in [-0.4, -0.2) is 61.5 Å². The maximum Gasteiger partial charge on any atom is 0.329 e. The van der Waals surface area contributed by atoms with Gasteiger partial charge in [0, 0.05) is 13.7 Å². The smallest absolute Gasteiger partial charge is 0.329 e. The van der Waals surface area contributed by atoms with Crippen molar-refractivity contribution >= 4 is 23.7 Å². The molecule has 1 heterocycles. The van der Waals surface area contributed by atoms with Crippen molar-refractivity contribution in [1.29, 1.82) is 0 Å². The standard InChI is InChI=1S/C16H24N2O6/c1-10(16(22)24-9-13(19)17-7-8-23-2)18-14(20)11-5-3-4-6-12(11)15(18)21/h10-12H,3-9H2,1-2H3,(H,17,19)/t10-,11-,12-/m0/s1. The largest absolute Gasteiger partial charge is 0.454 e. The van der Waals surface area contributed by atoms with Gasteiger partial charge in [0.05, 0.1) is 18.4 Å². The number of hydrogen-bond donors (Lipinski definition) is 1. The lowest BCUT2D eigenvalue weighted by molar-refractivity contribution is -0.159. The van der Waals surface area contributed by atoms with Crippen LogP contribution in [0.2, 0.25) is 0 Å². The highest BCUT2D eigenvalue weighted by atomic mass is 16.5. The van der Waals surface area contributed by atoms with Crippen molar-refractivity contribution in [2.45, 2.75) is 38.6 Å². The number of carbonyl (C=O) groups is 4. The molecular formula is C16H24N2O6. The second kappa shape index (κ2) is 8.23. The number of nitrogens with one attached hydrogen (secondary N) is 1. The van der Waals surface area contributed by atoms with Crippen LogP contribution in [0.1, 0.15) is 32.6 Å². The zero-order valence-corrected chi connectivity index (χ0v) is 14.1. The molecule has 134 valence electrons. The Labute approximate surface area is 140 Å². The normalized spacial score (nSPS) is 24.5. The first-order valence-corrected chi connectivity index (χ1v) is 8.26. The van der Waals surface area contributed by atoms with Crippen LogP contribution in [-0.2, 0) is 28.7 Å². The summed E-state index contributed by atoms with van der Waals surface area (Å²) in [6.07, 6.45) is 3.23. The van der Waals surface area contributed by atoms with Crippen LogP contribution in [0.15, 0.2) is 0 Å². The average Bonchev–Trinajstić information content (AvgIpc) is 2.84. The summed E-state index contributed by atoms with van der Waals surface area (Å²) in [5.41, 5.74) is 0. The number of amides is 3. The summed E-state index contributed by atoms with van der Waals surface area (Å²) in [5.74, 6) is -2.41. The van der Waals surface area contributed by atoms with Crippen LogP contribution in [0.4, 0.5) is 0 Å². The summed E-state index contributed by atoms with van der Waals surface area (Å²) in [4.78, 5) is 49.4. The zero-order chi connectivity index (χ0) is 17.7. The molecule has 2 fully saturated rings. The molecule has 1 saturated heterocycles. The van der Waals surface area contributed by atoms with Crippen LogP contribution >= 0.6 is 0 Å². The minimum Gasteiger partial charge on any atom is -0.454 e. The van der Waals surface area contributed by atoms with E-state index in [2.05, 4.69) is 5.32 Å². The third-order valence-electron chi connectivity index (χ3n) is 4.58. The molecular weight excluding hydrogens is 316 g/mol. The van der Waals surface area contributed by atoms with E-state index >= 15 is 0 Å². The number of ether oxygens (including phenoxy) is 2. The highest BCUT2D eigenvalue weighted by molar-refractivity contribution is 6.07. The Bertz CT molecular complexity index is 497. The van der Waals surface area contributed by atoms with Gasteiger partial charge in [0.2, 0.25) is 11.8 Å². The number of methoxy groups -OCH3 is 1. The summed E-state index contributed by atoms with van der Waals surface area (Å²) in [7, 11) is 1.51. The molecule has 0 bridgehead atoms. The van der Waals surface area contributed by atoms with Crippen LogP contribution in [0.3, 0.4) is 0 Å². The van der Waals surface area contributed by atoms with Crippen LogP contribution in [0.5, 0.6) is 0 Å². The molecule has 0 unspecified atom stereocenters. The molecule has 24 heavy (non-hydrogen) atoms. The van der Waals surface area contributed by atoms with Crippen molar-refractivity contribution in [2.75, 3.05) is 26.9 Å². The van der Waals surface area contributed by atoms with Gasteiger partial charge < -0.3 is 14.8 Å². The van der Waals surface area contributed by atoms with Gasteiger partial charge in [-0.05, 0) is 19.8 Å². The minimum atomic E-state index is -1.01. The van der Waals surface area contributed by atoms with Gasteiger partial charge in [-0.15, -0.1) is 0 Å².